The Morgan fingerprint density at radius 2 is 1.69 bits per heavy atom. The second-order valence-electron chi connectivity index (χ2n) is 7.19. The molecule has 0 aliphatic carbocycles. The zero-order valence-corrected chi connectivity index (χ0v) is 16.0. The summed E-state index contributed by atoms with van der Waals surface area (Å²) >= 11 is 1.58. The Bertz CT molecular complexity index is 818. The molecule has 2 fully saturated rings. The number of hydrogen-bond donors (Lipinski definition) is 1. The Labute approximate surface area is 158 Å². The van der Waals surface area contributed by atoms with E-state index in [1.54, 1.807) is 11.3 Å². The maximum Gasteiger partial charge on any atom is 0.264 e. The third-order valence-electron chi connectivity index (χ3n) is 5.60. The average Bonchev–Trinajstić information content (AvgIpc) is 3.04. The van der Waals surface area contributed by atoms with Crippen LogP contribution in [-0.4, -0.2) is 60.9 Å². The van der Waals surface area contributed by atoms with Gasteiger partial charge in [0.1, 0.15) is 0 Å². The number of benzene rings is 1. The van der Waals surface area contributed by atoms with Crippen molar-refractivity contribution in [3.63, 3.8) is 0 Å². The van der Waals surface area contributed by atoms with Gasteiger partial charge in [0.25, 0.3) is 5.91 Å². The predicted molar refractivity (Wildman–Crippen MR) is 105 cm³/mol. The van der Waals surface area contributed by atoms with Crippen molar-refractivity contribution in [2.24, 2.45) is 5.92 Å². The van der Waals surface area contributed by atoms with Gasteiger partial charge in [-0.3, -0.25) is 9.59 Å². The van der Waals surface area contributed by atoms with Gasteiger partial charge >= 0.3 is 0 Å². The molecule has 138 valence electrons. The normalized spacial score (nSPS) is 19.1. The zero-order chi connectivity index (χ0) is 18.1. The highest BCUT2D eigenvalue weighted by atomic mass is 32.1. The highest BCUT2D eigenvalue weighted by molar-refractivity contribution is 7.21. The minimum Gasteiger partial charge on any atom is -0.339 e. The number of nitrogens with zero attached hydrogens (tertiary/aromatic N) is 2. The van der Waals surface area contributed by atoms with Crippen LogP contribution in [0.2, 0.25) is 0 Å². The molecule has 2 aliphatic rings. The lowest BCUT2D eigenvalue weighted by Crippen LogP contribution is -2.52. The molecule has 0 saturated carbocycles. The summed E-state index contributed by atoms with van der Waals surface area (Å²) in [6, 6.07) is 8.17. The van der Waals surface area contributed by atoms with Crippen LogP contribution in [0.15, 0.2) is 24.3 Å². The smallest absolute Gasteiger partial charge is 0.264 e. The monoisotopic (exact) mass is 371 g/mol. The van der Waals surface area contributed by atoms with Crippen LogP contribution in [0.4, 0.5) is 0 Å². The Morgan fingerprint density at radius 3 is 2.38 bits per heavy atom. The summed E-state index contributed by atoms with van der Waals surface area (Å²) < 4.78 is 1.16. The Morgan fingerprint density at radius 1 is 1.04 bits per heavy atom. The minimum atomic E-state index is 0.109. The van der Waals surface area contributed by atoms with Crippen molar-refractivity contribution < 1.29 is 9.59 Å². The van der Waals surface area contributed by atoms with Gasteiger partial charge in [0.2, 0.25) is 5.91 Å². The van der Waals surface area contributed by atoms with E-state index in [0.29, 0.717) is 26.2 Å². The van der Waals surface area contributed by atoms with Gasteiger partial charge in [-0.25, -0.2) is 0 Å². The first-order valence-corrected chi connectivity index (χ1v) is 10.2. The Hall–Kier alpha value is -1.92. The maximum atomic E-state index is 13.0. The summed E-state index contributed by atoms with van der Waals surface area (Å²) in [5, 5.41) is 4.47. The molecular weight excluding hydrogens is 346 g/mol. The molecule has 2 saturated heterocycles. The molecule has 1 N–H and O–H groups in total. The average molecular weight is 372 g/mol. The molecule has 0 unspecified atom stereocenters. The fourth-order valence-electron chi connectivity index (χ4n) is 3.98. The highest BCUT2D eigenvalue weighted by Crippen LogP contribution is 2.31. The molecule has 2 amide bonds. The molecule has 6 heteroatoms. The van der Waals surface area contributed by atoms with Crippen molar-refractivity contribution in [2.45, 2.75) is 19.8 Å². The quantitative estimate of drug-likeness (QED) is 0.882. The number of aryl methyl sites for hydroxylation is 1. The maximum absolute atomic E-state index is 13.0. The van der Waals surface area contributed by atoms with E-state index in [2.05, 4.69) is 17.4 Å². The number of thiophene rings is 1. The van der Waals surface area contributed by atoms with Gasteiger partial charge in [-0.05, 0) is 49.9 Å². The molecule has 1 aromatic heterocycles. The summed E-state index contributed by atoms with van der Waals surface area (Å²) in [5.74, 6) is 0.539. The van der Waals surface area contributed by atoms with E-state index in [1.165, 1.54) is 5.39 Å². The number of piperazine rings is 1. The zero-order valence-electron chi connectivity index (χ0n) is 15.2. The van der Waals surface area contributed by atoms with Gasteiger partial charge < -0.3 is 15.1 Å². The number of amides is 2. The summed E-state index contributed by atoms with van der Waals surface area (Å²) in [6.07, 6.45) is 1.86. The van der Waals surface area contributed by atoms with E-state index >= 15 is 0 Å². The molecule has 2 aliphatic heterocycles. The molecule has 3 heterocycles. The summed E-state index contributed by atoms with van der Waals surface area (Å²) in [5.41, 5.74) is 1.07. The van der Waals surface area contributed by atoms with Crippen LogP contribution in [0.3, 0.4) is 0 Å². The molecule has 0 atom stereocenters. The number of carbonyl (C=O) groups excluding carboxylic acids is 2. The van der Waals surface area contributed by atoms with Crippen molar-refractivity contribution in [3.8, 4) is 0 Å². The van der Waals surface area contributed by atoms with E-state index in [9.17, 15) is 9.59 Å². The number of rotatable bonds is 2. The van der Waals surface area contributed by atoms with Crippen molar-refractivity contribution in [1.29, 1.82) is 0 Å². The summed E-state index contributed by atoms with van der Waals surface area (Å²) in [7, 11) is 0. The van der Waals surface area contributed by atoms with Crippen LogP contribution >= 0.6 is 11.3 Å². The van der Waals surface area contributed by atoms with Crippen LogP contribution in [0.5, 0.6) is 0 Å². The largest absolute Gasteiger partial charge is 0.339 e. The van der Waals surface area contributed by atoms with Gasteiger partial charge in [0.05, 0.1) is 4.88 Å². The van der Waals surface area contributed by atoms with E-state index in [4.69, 9.17) is 0 Å². The first kappa shape index (κ1) is 17.5. The minimum absolute atomic E-state index is 0.109. The van der Waals surface area contributed by atoms with Crippen LogP contribution in [0.25, 0.3) is 10.1 Å². The van der Waals surface area contributed by atoms with Gasteiger partial charge in [-0.2, -0.15) is 0 Å². The van der Waals surface area contributed by atoms with E-state index in [0.717, 1.165) is 41.1 Å². The lowest BCUT2D eigenvalue weighted by molar-refractivity contribution is -0.137. The first-order valence-electron chi connectivity index (χ1n) is 9.42. The van der Waals surface area contributed by atoms with Crippen molar-refractivity contribution >= 4 is 33.2 Å². The molecule has 2 aromatic rings. The second-order valence-corrected chi connectivity index (χ2v) is 8.25. The second kappa shape index (κ2) is 7.37. The van der Waals surface area contributed by atoms with Crippen LogP contribution < -0.4 is 5.32 Å². The summed E-state index contributed by atoms with van der Waals surface area (Å²) in [4.78, 5) is 30.4. The highest BCUT2D eigenvalue weighted by Gasteiger charge is 2.30. The number of fused-ring (bicyclic) bond motifs is 1. The number of hydrogen-bond acceptors (Lipinski definition) is 4. The topological polar surface area (TPSA) is 52.7 Å². The predicted octanol–water partition coefficient (Wildman–Crippen LogP) is 2.49. The lowest BCUT2D eigenvalue weighted by Gasteiger charge is -2.37. The third kappa shape index (κ3) is 3.23. The fourth-order valence-corrected chi connectivity index (χ4v) is 5.16. The van der Waals surface area contributed by atoms with Crippen molar-refractivity contribution in [3.05, 3.63) is 34.7 Å². The summed E-state index contributed by atoms with van der Waals surface area (Å²) in [6.45, 7) is 6.45. The Kier molecular flexibility index (Phi) is 4.96. The molecule has 0 radical (unpaired) electrons. The van der Waals surface area contributed by atoms with Crippen LogP contribution in [-0.2, 0) is 4.79 Å². The van der Waals surface area contributed by atoms with Gasteiger partial charge in [-0.15, -0.1) is 11.3 Å². The number of nitrogens with one attached hydrogen (secondary N) is 1. The standard InChI is InChI=1S/C20H25N3O2S/c1-14-16-4-2-3-5-17(16)26-18(14)20(25)23-12-10-22(11-13-23)19(24)15-6-8-21-9-7-15/h2-5,15,21H,6-13H2,1H3. The molecule has 0 spiro atoms. The Balaban J connectivity index is 1.41. The first-order chi connectivity index (χ1) is 12.6. The van der Waals surface area contributed by atoms with Gasteiger partial charge in [0, 0.05) is 36.8 Å². The van der Waals surface area contributed by atoms with E-state index < -0.39 is 0 Å². The van der Waals surface area contributed by atoms with Gasteiger partial charge in [-0.1, -0.05) is 18.2 Å². The fraction of sp³-hybridized carbons (Fsp3) is 0.500. The number of carbonyl (C=O) groups is 2. The molecule has 0 bridgehead atoms. The van der Waals surface area contributed by atoms with E-state index in [1.807, 2.05) is 28.9 Å². The SMILES string of the molecule is Cc1c(C(=O)N2CCN(C(=O)C3CCNCC3)CC2)sc2ccccc12. The third-order valence-corrected chi connectivity index (χ3v) is 6.87. The van der Waals surface area contributed by atoms with Gasteiger partial charge in [0.15, 0.2) is 0 Å². The molecule has 4 rings (SSSR count). The van der Waals surface area contributed by atoms with Crippen molar-refractivity contribution in [1.82, 2.24) is 15.1 Å². The van der Waals surface area contributed by atoms with E-state index in [-0.39, 0.29) is 17.7 Å². The molecule has 1 aromatic carbocycles. The van der Waals surface area contributed by atoms with Crippen molar-refractivity contribution in [2.75, 3.05) is 39.3 Å². The molecular formula is C20H25N3O2S. The molecule has 26 heavy (non-hydrogen) atoms. The van der Waals surface area contributed by atoms with Crippen LogP contribution in [0, 0.1) is 12.8 Å². The molecule has 5 nitrogen and oxygen atoms in total. The van der Waals surface area contributed by atoms with Crippen LogP contribution in [0.1, 0.15) is 28.1 Å². The lowest BCUT2D eigenvalue weighted by atomic mass is 9.96. The number of piperidine rings is 1.